The van der Waals surface area contributed by atoms with Crippen molar-refractivity contribution in [3.05, 3.63) is 54.1 Å². The van der Waals surface area contributed by atoms with Crippen molar-refractivity contribution < 1.29 is 9.53 Å². The van der Waals surface area contributed by atoms with Crippen molar-refractivity contribution in [1.29, 1.82) is 0 Å². The SMILES string of the molecule is CCOC(=O)C(CC)c1cncn1Cc1ccccc1. The van der Waals surface area contributed by atoms with Crippen molar-refractivity contribution >= 4 is 5.97 Å². The Bertz CT molecular complexity index is 549. The first kappa shape index (κ1) is 14.3. The number of nitrogens with zero attached hydrogens (tertiary/aromatic N) is 2. The number of benzene rings is 1. The van der Waals surface area contributed by atoms with Crippen molar-refractivity contribution in [2.45, 2.75) is 32.7 Å². The molecular weight excluding hydrogens is 252 g/mol. The summed E-state index contributed by atoms with van der Waals surface area (Å²) in [5.41, 5.74) is 2.10. The lowest BCUT2D eigenvalue weighted by atomic mass is 10.0. The third-order valence-corrected chi connectivity index (χ3v) is 3.28. The van der Waals surface area contributed by atoms with E-state index in [-0.39, 0.29) is 11.9 Å². The summed E-state index contributed by atoms with van der Waals surface area (Å²) < 4.78 is 7.16. The fraction of sp³-hybridized carbons (Fsp3) is 0.375. The molecule has 106 valence electrons. The molecule has 1 heterocycles. The van der Waals surface area contributed by atoms with Gasteiger partial charge in [0.2, 0.25) is 0 Å². The molecule has 0 aliphatic heterocycles. The first-order chi connectivity index (χ1) is 9.76. The summed E-state index contributed by atoms with van der Waals surface area (Å²) in [5.74, 6) is -0.425. The van der Waals surface area contributed by atoms with E-state index in [0.29, 0.717) is 19.6 Å². The lowest BCUT2D eigenvalue weighted by Crippen LogP contribution is -2.18. The Balaban J connectivity index is 2.20. The number of hydrogen-bond donors (Lipinski definition) is 0. The normalized spacial score (nSPS) is 12.1. The Morgan fingerprint density at radius 3 is 2.70 bits per heavy atom. The van der Waals surface area contributed by atoms with Gasteiger partial charge in [-0.3, -0.25) is 4.79 Å². The Morgan fingerprint density at radius 1 is 1.30 bits per heavy atom. The van der Waals surface area contributed by atoms with Crippen molar-refractivity contribution in [3.63, 3.8) is 0 Å². The zero-order chi connectivity index (χ0) is 14.4. The van der Waals surface area contributed by atoms with Crippen LogP contribution in [0.5, 0.6) is 0 Å². The Hall–Kier alpha value is -2.10. The van der Waals surface area contributed by atoms with Crippen LogP contribution < -0.4 is 0 Å². The van der Waals surface area contributed by atoms with Gasteiger partial charge in [0.05, 0.1) is 24.5 Å². The molecule has 0 saturated carbocycles. The molecule has 0 fully saturated rings. The highest BCUT2D eigenvalue weighted by atomic mass is 16.5. The molecule has 0 spiro atoms. The first-order valence-electron chi connectivity index (χ1n) is 6.96. The van der Waals surface area contributed by atoms with E-state index in [2.05, 4.69) is 17.1 Å². The highest BCUT2D eigenvalue weighted by molar-refractivity contribution is 5.77. The molecule has 1 aromatic heterocycles. The number of aromatic nitrogens is 2. The van der Waals surface area contributed by atoms with Crippen LogP contribution in [-0.4, -0.2) is 22.1 Å². The fourth-order valence-corrected chi connectivity index (χ4v) is 2.27. The molecule has 1 aromatic carbocycles. The van der Waals surface area contributed by atoms with Crippen molar-refractivity contribution in [1.82, 2.24) is 9.55 Å². The molecule has 0 N–H and O–H groups in total. The van der Waals surface area contributed by atoms with E-state index in [9.17, 15) is 4.79 Å². The monoisotopic (exact) mass is 272 g/mol. The zero-order valence-electron chi connectivity index (χ0n) is 12.0. The minimum absolute atomic E-state index is 0.176. The zero-order valence-corrected chi connectivity index (χ0v) is 12.0. The predicted molar refractivity (Wildman–Crippen MR) is 77.4 cm³/mol. The molecule has 4 heteroatoms. The van der Waals surface area contributed by atoms with E-state index in [4.69, 9.17) is 4.74 Å². The maximum Gasteiger partial charge on any atom is 0.314 e. The van der Waals surface area contributed by atoms with Crippen molar-refractivity contribution in [3.8, 4) is 0 Å². The summed E-state index contributed by atoms with van der Waals surface area (Å²) in [5, 5.41) is 0. The lowest BCUT2D eigenvalue weighted by Gasteiger charge is -2.16. The minimum Gasteiger partial charge on any atom is -0.465 e. The number of rotatable bonds is 6. The predicted octanol–water partition coefficient (Wildman–Crippen LogP) is 2.99. The highest BCUT2D eigenvalue weighted by Gasteiger charge is 2.23. The fourth-order valence-electron chi connectivity index (χ4n) is 2.27. The summed E-state index contributed by atoms with van der Waals surface area (Å²) in [4.78, 5) is 16.2. The maximum atomic E-state index is 12.0. The summed E-state index contributed by atoms with van der Waals surface area (Å²) in [6.07, 6.45) is 4.23. The molecule has 0 aliphatic carbocycles. The van der Waals surface area contributed by atoms with E-state index in [0.717, 1.165) is 5.69 Å². The number of esters is 1. The molecule has 0 aliphatic rings. The molecule has 0 bridgehead atoms. The summed E-state index contributed by atoms with van der Waals surface area (Å²) in [7, 11) is 0. The van der Waals surface area contributed by atoms with Gasteiger partial charge in [-0.2, -0.15) is 0 Å². The van der Waals surface area contributed by atoms with Gasteiger partial charge in [-0.1, -0.05) is 37.3 Å². The molecule has 2 rings (SSSR count). The van der Waals surface area contributed by atoms with Crippen LogP contribution in [0.2, 0.25) is 0 Å². The number of carbonyl (C=O) groups is 1. The topological polar surface area (TPSA) is 44.1 Å². The molecule has 0 radical (unpaired) electrons. The Kier molecular flexibility index (Phi) is 4.93. The van der Waals surface area contributed by atoms with Crippen LogP contribution in [0.3, 0.4) is 0 Å². The maximum absolute atomic E-state index is 12.0. The molecule has 1 unspecified atom stereocenters. The average Bonchev–Trinajstić information content (AvgIpc) is 2.89. The van der Waals surface area contributed by atoms with Crippen LogP contribution in [0.25, 0.3) is 0 Å². The quantitative estimate of drug-likeness (QED) is 0.759. The van der Waals surface area contributed by atoms with Crippen molar-refractivity contribution in [2.75, 3.05) is 6.61 Å². The molecule has 2 aromatic rings. The lowest BCUT2D eigenvalue weighted by molar-refractivity contribution is -0.145. The molecule has 4 nitrogen and oxygen atoms in total. The molecule has 0 saturated heterocycles. The van der Waals surface area contributed by atoms with Gasteiger partial charge in [0.25, 0.3) is 0 Å². The highest BCUT2D eigenvalue weighted by Crippen LogP contribution is 2.21. The standard InChI is InChI=1S/C16H20N2O2/c1-3-14(16(19)20-4-2)15-10-17-12-18(15)11-13-8-6-5-7-9-13/h5-10,12,14H,3-4,11H2,1-2H3. The number of hydrogen-bond acceptors (Lipinski definition) is 3. The van der Waals surface area contributed by atoms with Crippen LogP contribution in [0, 0.1) is 0 Å². The molecule has 20 heavy (non-hydrogen) atoms. The van der Waals surface area contributed by atoms with Crippen molar-refractivity contribution in [2.24, 2.45) is 0 Å². The second kappa shape index (κ2) is 6.89. The third-order valence-electron chi connectivity index (χ3n) is 3.28. The van der Waals surface area contributed by atoms with E-state index in [1.54, 1.807) is 12.5 Å². The van der Waals surface area contributed by atoms with E-state index in [1.165, 1.54) is 5.56 Å². The van der Waals surface area contributed by atoms with E-state index < -0.39 is 0 Å². The van der Waals surface area contributed by atoms with Gasteiger partial charge >= 0.3 is 5.97 Å². The van der Waals surface area contributed by atoms with Gasteiger partial charge in [0, 0.05) is 12.7 Å². The van der Waals surface area contributed by atoms with Crippen LogP contribution in [0.4, 0.5) is 0 Å². The van der Waals surface area contributed by atoms with Gasteiger partial charge in [-0.05, 0) is 18.9 Å². The third kappa shape index (κ3) is 3.26. The van der Waals surface area contributed by atoms with Crippen LogP contribution in [0.1, 0.15) is 37.4 Å². The Labute approximate surface area is 119 Å². The van der Waals surface area contributed by atoms with Crippen LogP contribution in [0.15, 0.2) is 42.9 Å². The van der Waals surface area contributed by atoms with E-state index in [1.807, 2.05) is 36.6 Å². The molecule has 0 amide bonds. The smallest absolute Gasteiger partial charge is 0.314 e. The number of ether oxygens (including phenoxy) is 1. The first-order valence-corrected chi connectivity index (χ1v) is 6.96. The molecular formula is C16H20N2O2. The number of carbonyl (C=O) groups excluding carboxylic acids is 1. The van der Waals surface area contributed by atoms with Gasteiger partial charge in [0.1, 0.15) is 0 Å². The van der Waals surface area contributed by atoms with Crippen LogP contribution in [-0.2, 0) is 16.1 Å². The average molecular weight is 272 g/mol. The summed E-state index contributed by atoms with van der Waals surface area (Å²) >= 11 is 0. The van der Waals surface area contributed by atoms with Gasteiger partial charge < -0.3 is 9.30 Å². The van der Waals surface area contributed by atoms with E-state index >= 15 is 0 Å². The van der Waals surface area contributed by atoms with Gasteiger partial charge in [0.15, 0.2) is 0 Å². The second-order valence-electron chi connectivity index (χ2n) is 4.64. The summed E-state index contributed by atoms with van der Waals surface area (Å²) in [6.45, 7) is 4.93. The molecule has 1 atom stereocenters. The largest absolute Gasteiger partial charge is 0.465 e. The number of imidazole rings is 1. The van der Waals surface area contributed by atoms with Gasteiger partial charge in [-0.25, -0.2) is 4.98 Å². The van der Waals surface area contributed by atoms with Gasteiger partial charge in [-0.15, -0.1) is 0 Å². The minimum atomic E-state index is -0.249. The second-order valence-corrected chi connectivity index (χ2v) is 4.64. The Morgan fingerprint density at radius 2 is 2.05 bits per heavy atom. The van der Waals surface area contributed by atoms with Crippen LogP contribution >= 0.6 is 0 Å². The summed E-state index contributed by atoms with van der Waals surface area (Å²) in [6, 6.07) is 10.1.